The smallest absolute Gasteiger partial charge is 0.293 e. The molecule has 1 N–H and O–H groups in total. The van der Waals surface area contributed by atoms with Crippen molar-refractivity contribution in [2.24, 2.45) is 0 Å². The lowest BCUT2D eigenvalue weighted by atomic mass is 10.1. The normalized spacial score (nSPS) is 9.86. The monoisotopic (exact) mass is 296 g/mol. The highest BCUT2D eigenvalue weighted by molar-refractivity contribution is 5.64. The van der Waals surface area contributed by atoms with Gasteiger partial charge in [0.05, 0.1) is 16.6 Å². The molecule has 0 spiro atoms. The van der Waals surface area contributed by atoms with E-state index in [-0.39, 0.29) is 11.3 Å². The zero-order valence-corrected chi connectivity index (χ0v) is 12.4. The lowest BCUT2D eigenvalue weighted by molar-refractivity contribution is -0.384. The molecule has 0 aliphatic heterocycles. The third-order valence-electron chi connectivity index (χ3n) is 3.26. The Bertz CT molecular complexity index is 718. The molecule has 112 valence electrons. The van der Waals surface area contributed by atoms with Gasteiger partial charge in [-0.2, -0.15) is 5.26 Å². The summed E-state index contributed by atoms with van der Waals surface area (Å²) in [5.74, 6) is 0. The summed E-state index contributed by atoms with van der Waals surface area (Å²) in [6.07, 6.45) is 0. The fraction of sp³-hybridized carbons (Fsp3) is 0.188. The summed E-state index contributed by atoms with van der Waals surface area (Å²) in [5, 5.41) is 22.9. The Hall–Kier alpha value is -3.07. The molecule has 0 unspecified atom stereocenters. The van der Waals surface area contributed by atoms with Crippen LogP contribution in [0.25, 0.3) is 0 Å². The van der Waals surface area contributed by atoms with Crippen molar-refractivity contribution in [3.8, 4) is 6.07 Å². The second kappa shape index (κ2) is 6.59. The first-order valence-corrected chi connectivity index (χ1v) is 6.70. The summed E-state index contributed by atoms with van der Waals surface area (Å²) < 4.78 is 0. The molecule has 0 aromatic heterocycles. The summed E-state index contributed by atoms with van der Waals surface area (Å²) in [4.78, 5) is 12.6. The van der Waals surface area contributed by atoms with Crippen LogP contribution in [0.3, 0.4) is 0 Å². The van der Waals surface area contributed by atoms with E-state index in [1.165, 1.54) is 6.07 Å². The zero-order valence-electron chi connectivity index (χ0n) is 12.4. The van der Waals surface area contributed by atoms with E-state index in [2.05, 4.69) is 5.32 Å². The van der Waals surface area contributed by atoms with Crippen molar-refractivity contribution in [2.75, 3.05) is 24.3 Å². The van der Waals surface area contributed by atoms with Gasteiger partial charge in [-0.1, -0.05) is 12.1 Å². The van der Waals surface area contributed by atoms with Gasteiger partial charge < -0.3 is 10.2 Å². The van der Waals surface area contributed by atoms with Gasteiger partial charge in [-0.05, 0) is 29.8 Å². The highest BCUT2D eigenvalue weighted by Crippen LogP contribution is 2.26. The van der Waals surface area contributed by atoms with Gasteiger partial charge in [0.25, 0.3) is 5.69 Å². The molecule has 6 nitrogen and oxygen atoms in total. The molecule has 0 fully saturated rings. The first-order chi connectivity index (χ1) is 10.5. The number of nitriles is 1. The van der Waals surface area contributed by atoms with Crippen molar-refractivity contribution >= 4 is 17.1 Å². The maximum absolute atomic E-state index is 11.1. The Kier molecular flexibility index (Phi) is 4.59. The van der Waals surface area contributed by atoms with E-state index >= 15 is 0 Å². The zero-order chi connectivity index (χ0) is 16.1. The van der Waals surface area contributed by atoms with Crippen LogP contribution in [0.5, 0.6) is 0 Å². The van der Waals surface area contributed by atoms with Crippen LogP contribution in [0, 0.1) is 21.4 Å². The third-order valence-corrected chi connectivity index (χ3v) is 3.26. The van der Waals surface area contributed by atoms with Crippen LogP contribution < -0.4 is 10.2 Å². The van der Waals surface area contributed by atoms with E-state index in [0.29, 0.717) is 12.2 Å². The Balaban J connectivity index is 2.14. The van der Waals surface area contributed by atoms with Gasteiger partial charge in [0.2, 0.25) is 0 Å². The summed E-state index contributed by atoms with van der Waals surface area (Å²) in [6, 6.07) is 14.2. The Labute approximate surface area is 128 Å². The Morgan fingerprint density at radius 1 is 1.23 bits per heavy atom. The highest BCUT2D eigenvalue weighted by Gasteiger charge is 2.14. The van der Waals surface area contributed by atoms with Crippen molar-refractivity contribution in [1.29, 1.82) is 5.26 Å². The molecule has 2 aromatic carbocycles. The van der Waals surface area contributed by atoms with Crippen LogP contribution in [-0.2, 0) is 6.54 Å². The van der Waals surface area contributed by atoms with Gasteiger partial charge in [0, 0.05) is 32.4 Å². The molecule has 0 bridgehead atoms. The quantitative estimate of drug-likeness (QED) is 0.677. The second-order valence-corrected chi connectivity index (χ2v) is 5.02. The molecular weight excluding hydrogens is 280 g/mol. The Morgan fingerprint density at radius 2 is 1.91 bits per heavy atom. The van der Waals surface area contributed by atoms with E-state index < -0.39 is 4.92 Å². The van der Waals surface area contributed by atoms with E-state index in [9.17, 15) is 10.1 Å². The van der Waals surface area contributed by atoms with E-state index in [0.717, 1.165) is 11.3 Å². The van der Waals surface area contributed by atoms with Gasteiger partial charge in [-0.25, -0.2) is 0 Å². The molecule has 2 rings (SSSR count). The van der Waals surface area contributed by atoms with Gasteiger partial charge in [0.15, 0.2) is 0 Å². The SMILES string of the molecule is CN(C)c1ccc(CNc2ccc(C#N)cc2[N+](=O)[O-])cc1. The molecule has 0 atom stereocenters. The van der Waals surface area contributed by atoms with Crippen molar-refractivity contribution < 1.29 is 4.92 Å². The summed E-state index contributed by atoms with van der Waals surface area (Å²) >= 11 is 0. The predicted molar refractivity (Wildman–Crippen MR) is 85.9 cm³/mol. The molecule has 0 saturated heterocycles. The summed E-state index contributed by atoms with van der Waals surface area (Å²) in [6.45, 7) is 0.473. The van der Waals surface area contributed by atoms with E-state index in [4.69, 9.17) is 5.26 Å². The Morgan fingerprint density at radius 3 is 2.45 bits per heavy atom. The third kappa shape index (κ3) is 3.52. The number of hydrogen-bond donors (Lipinski definition) is 1. The first kappa shape index (κ1) is 15.3. The standard InChI is InChI=1S/C16H16N4O2/c1-19(2)14-6-3-12(4-7-14)11-18-15-8-5-13(10-17)9-16(15)20(21)22/h3-9,18H,11H2,1-2H3. The average Bonchev–Trinajstić information content (AvgIpc) is 2.53. The molecule has 0 amide bonds. The summed E-state index contributed by atoms with van der Waals surface area (Å²) in [5.41, 5.74) is 2.69. The molecule has 6 heteroatoms. The maximum Gasteiger partial charge on any atom is 0.293 e. The van der Waals surface area contributed by atoms with Gasteiger partial charge >= 0.3 is 0 Å². The number of nitrogens with one attached hydrogen (secondary N) is 1. The topological polar surface area (TPSA) is 82.2 Å². The number of hydrogen-bond acceptors (Lipinski definition) is 5. The lowest BCUT2D eigenvalue weighted by Crippen LogP contribution is -2.08. The first-order valence-electron chi connectivity index (χ1n) is 6.70. The molecular formula is C16H16N4O2. The van der Waals surface area contributed by atoms with Crippen LogP contribution in [0.15, 0.2) is 42.5 Å². The average molecular weight is 296 g/mol. The second-order valence-electron chi connectivity index (χ2n) is 5.02. The highest BCUT2D eigenvalue weighted by atomic mass is 16.6. The fourth-order valence-corrected chi connectivity index (χ4v) is 2.01. The van der Waals surface area contributed by atoms with Crippen LogP contribution in [0.4, 0.5) is 17.1 Å². The van der Waals surface area contributed by atoms with Crippen molar-refractivity contribution in [1.82, 2.24) is 0 Å². The van der Waals surface area contributed by atoms with Crippen molar-refractivity contribution in [3.63, 3.8) is 0 Å². The van der Waals surface area contributed by atoms with Crippen LogP contribution in [0.1, 0.15) is 11.1 Å². The fourth-order valence-electron chi connectivity index (χ4n) is 2.01. The number of nitrogens with zero attached hydrogens (tertiary/aromatic N) is 3. The number of rotatable bonds is 5. The number of benzene rings is 2. The maximum atomic E-state index is 11.1. The minimum absolute atomic E-state index is 0.0936. The van der Waals surface area contributed by atoms with Gasteiger partial charge in [-0.3, -0.25) is 10.1 Å². The molecule has 0 saturated carbocycles. The van der Waals surface area contributed by atoms with E-state index in [1.54, 1.807) is 12.1 Å². The number of nitro groups is 1. The van der Waals surface area contributed by atoms with Crippen LogP contribution in [0.2, 0.25) is 0 Å². The minimum Gasteiger partial charge on any atom is -0.378 e. The predicted octanol–water partition coefficient (Wildman–Crippen LogP) is 3.14. The van der Waals surface area contributed by atoms with Gasteiger partial charge in [0.1, 0.15) is 5.69 Å². The number of nitro benzene ring substituents is 1. The van der Waals surface area contributed by atoms with E-state index in [1.807, 2.05) is 49.3 Å². The van der Waals surface area contributed by atoms with Crippen LogP contribution in [-0.4, -0.2) is 19.0 Å². The molecule has 0 aliphatic rings. The lowest BCUT2D eigenvalue weighted by Gasteiger charge is -2.13. The van der Waals surface area contributed by atoms with Crippen molar-refractivity contribution in [3.05, 3.63) is 63.7 Å². The molecule has 2 aromatic rings. The molecule has 0 heterocycles. The number of anilines is 2. The molecule has 0 aliphatic carbocycles. The largest absolute Gasteiger partial charge is 0.378 e. The minimum atomic E-state index is -0.488. The summed E-state index contributed by atoms with van der Waals surface area (Å²) in [7, 11) is 3.93. The van der Waals surface area contributed by atoms with Crippen molar-refractivity contribution in [2.45, 2.75) is 6.54 Å². The van der Waals surface area contributed by atoms with Gasteiger partial charge in [-0.15, -0.1) is 0 Å². The molecule has 0 radical (unpaired) electrons. The van der Waals surface area contributed by atoms with Crippen LogP contribution >= 0.6 is 0 Å². The molecule has 22 heavy (non-hydrogen) atoms.